The van der Waals surface area contributed by atoms with Crippen molar-refractivity contribution in [3.8, 4) is 0 Å². The summed E-state index contributed by atoms with van der Waals surface area (Å²) in [6.45, 7) is 0.564. The molecule has 2 rings (SSSR count). The average Bonchev–Trinajstić information content (AvgIpc) is 2.30. The lowest BCUT2D eigenvalue weighted by atomic mass is 10.2. The molecule has 17 heavy (non-hydrogen) atoms. The lowest BCUT2D eigenvalue weighted by molar-refractivity contribution is 1.11. The van der Waals surface area contributed by atoms with E-state index < -0.39 is 0 Å². The molecule has 0 aliphatic rings. The number of rotatable bonds is 3. The van der Waals surface area contributed by atoms with Crippen LogP contribution < -0.4 is 5.32 Å². The molecule has 88 valence electrons. The Bertz CT molecular complexity index is 529. The first-order valence-corrected chi connectivity index (χ1v) is 6.08. The zero-order chi connectivity index (χ0) is 12.3. The molecular formula is C12H9Cl3N2. The molecular weight excluding hydrogens is 279 g/mol. The van der Waals surface area contributed by atoms with Crippen molar-refractivity contribution in [2.24, 2.45) is 0 Å². The van der Waals surface area contributed by atoms with E-state index in [9.17, 15) is 0 Å². The van der Waals surface area contributed by atoms with Gasteiger partial charge in [0.15, 0.2) is 0 Å². The van der Waals surface area contributed by atoms with E-state index in [2.05, 4.69) is 10.3 Å². The summed E-state index contributed by atoms with van der Waals surface area (Å²) in [5.41, 5.74) is 0.988. The molecule has 1 heterocycles. The second kappa shape index (κ2) is 5.58. The van der Waals surface area contributed by atoms with Gasteiger partial charge in [0.25, 0.3) is 0 Å². The van der Waals surface area contributed by atoms with Gasteiger partial charge in [-0.15, -0.1) is 0 Å². The summed E-state index contributed by atoms with van der Waals surface area (Å²) in [5, 5.41) is 4.83. The first-order valence-electron chi connectivity index (χ1n) is 4.95. The monoisotopic (exact) mass is 286 g/mol. The van der Waals surface area contributed by atoms with Crippen LogP contribution in [-0.4, -0.2) is 4.98 Å². The van der Waals surface area contributed by atoms with Crippen LogP contribution in [-0.2, 0) is 6.54 Å². The minimum absolute atomic E-state index is 0.490. The van der Waals surface area contributed by atoms with E-state index in [4.69, 9.17) is 34.8 Å². The number of halogens is 3. The number of benzene rings is 1. The van der Waals surface area contributed by atoms with Crippen molar-refractivity contribution in [1.82, 2.24) is 4.98 Å². The highest BCUT2D eigenvalue weighted by molar-refractivity contribution is 6.36. The molecule has 0 saturated carbocycles. The van der Waals surface area contributed by atoms with Crippen molar-refractivity contribution in [3.63, 3.8) is 0 Å². The molecule has 0 bridgehead atoms. The van der Waals surface area contributed by atoms with Crippen molar-refractivity contribution in [2.75, 3.05) is 5.32 Å². The predicted molar refractivity (Wildman–Crippen MR) is 73.0 cm³/mol. The number of hydrogen-bond donors (Lipinski definition) is 1. The summed E-state index contributed by atoms with van der Waals surface area (Å²) in [6.07, 6.45) is 1.54. The average molecular weight is 288 g/mol. The molecule has 0 spiro atoms. The Morgan fingerprint density at radius 2 is 1.82 bits per heavy atom. The molecule has 0 fully saturated rings. The highest BCUT2D eigenvalue weighted by Gasteiger charge is 2.04. The predicted octanol–water partition coefficient (Wildman–Crippen LogP) is 4.65. The molecule has 1 N–H and O–H groups in total. The number of nitrogens with one attached hydrogen (secondary N) is 1. The Labute approximate surface area is 115 Å². The van der Waals surface area contributed by atoms with Gasteiger partial charge in [-0.2, -0.15) is 0 Å². The molecule has 0 radical (unpaired) electrons. The smallest absolute Gasteiger partial charge is 0.145 e. The van der Waals surface area contributed by atoms with Crippen molar-refractivity contribution in [2.45, 2.75) is 6.54 Å². The van der Waals surface area contributed by atoms with Crippen molar-refractivity contribution in [3.05, 3.63) is 57.2 Å². The minimum atomic E-state index is 0.490. The van der Waals surface area contributed by atoms with Crippen LogP contribution in [0, 0.1) is 0 Å². The van der Waals surface area contributed by atoms with E-state index in [1.807, 2.05) is 24.3 Å². The molecule has 0 aliphatic heterocycles. The molecule has 1 aromatic carbocycles. The van der Waals surface area contributed by atoms with Gasteiger partial charge in [0, 0.05) is 17.8 Å². The Hall–Kier alpha value is -0.960. The maximum Gasteiger partial charge on any atom is 0.145 e. The van der Waals surface area contributed by atoms with E-state index in [0.29, 0.717) is 27.4 Å². The quantitative estimate of drug-likeness (QED) is 0.888. The van der Waals surface area contributed by atoms with E-state index in [-0.39, 0.29) is 0 Å². The lowest BCUT2D eigenvalue weighted by Crippen LogP contribution is -2.02. The van der Waals surface area contributed by atoms with E-state index in [0.717, 1.165) is 5.56 Å². The summed E-state index contributed by atoms with van der Waals surface area (Å²) in [5.74, 6) is 0.594. The summed E-state index contributed by atoms with van der Waals surface area (Å²) in [4.78, 5) is 4.10. The van der Waals surface area contributed by atoms with Gasteiger partial charge in [-0.05, 0) is 17.7 Å². The highest BCUT2D eigenvalue weighted by Crippen LogP contribution is 2.24. The zero-order valence-corrected chi connectivity index (χ0v) is 11.0. The molecule has 2 aromatic rings. The van der Waals surface area contributed by atoms with Gasteiger partial charge in [0.2, 0.25) is 0 Å². The van der Waals surface area contributed by atoms with Crippen LogP contribution in [0.1, 0.15) is 5.56 Å². The molecule has 2 nitrogen and oxygen atoms in total. The molecule has 5 heteroatoms. The SMILES string of the molecule is Clc1cnc(NCc2ccccc2Cl)c(Cl)c1. The van der Waals surface area contributed by atoms with Gasteiger partial charge in [-0.25, -0.2) is 4.98 Å². The minimum Gasteiger partial charge on any atom is -0.365 e. The topological polar surface area (TPSA) is 24.9 Å². The van der Waals surface area contributed by atoms with Crippen LogP contribution in [0.4, 0.5) is 5.82 Å². The maximum absolute atomic E-state index is 6.04. The van der Waals surface area contributed by atoms with Crippen LogP contribution in [0.2, 0.25) is 15.1 Å². The molecule has 0 amide bonds. The Kier molecular flexibility index (Phi) is 4.11. The Balaban J connectivity index is 2.10. The summed E-state index contributed by atoms with van der Waals surface area (Å²) in [6, 6.07) is 9.25. The normalized spacial score (nSPS) is 10.3. The highest BCUT2D eigenvalue weighted by atomic mass is 35.5. The van der Waals surface area contributed by atoms with Gasteiger partial charge >= 0.3 is 0 Å². The van der Waals surface area contributed by atoms with Gasteiger partial charge in [-0.3, -0.25) is 0 Å². The summed E-state index contributed by atoms with van der Waals surface area (Å²) >= 11 is 17.8. The van der Waals surface area contributed by atoms with Gasteiger partial charge < -0.3 is 5.32 Å². The van der Waals surface area contributed by atoms with Crippen LogP contribution in [0.15, 0.2) is 36.5 Å². The van der Waals surface area contributed by atoms with Crippen LogP contribution >= 0.6 is 34.8 Å². The number of nitrogens with zero attached hydrogens (tertiary/aromatic N) is 1. The molecule has 0 atom stereocenters. The number of aromatic nitrogens is 1. The molecule has 0 unspecified atom stereocenters. The fraction of sp³-hybridized carbons (Fsp3) is 0.0833. The third kappa shape index (κ3) is 3.25. The van der Waals surface area contributed by atoms with Crippen molar-refractivity contribution in [1.29, 1.82) is 0 Å². The zero-order valence-electron chi connectivity index (χ0n) is 8.75. The second-order valence-corrected chi connectivity index (χ2v) is 4.68. The third-order valence-corrected chi connectivity index (χ3v) is 3.08. The van der Waals surface area contributed by atoms with Gasteiger partial charge in [0.1, 0.15) is 5.82 Å². The van der Waals surface area contributed by atoms with Crippen LogP contribution in [0.25, 0.3) is 0 Å². The molecule has 0 aliphatic carbocycles. The first kappa shape index (κ1) is 12.5. The van der Waals surface area contributed by atoms with Gasteiger partial charge in [-0.1, -0.05) is 53.0 Å². The maximum atomic E-state index is 6.04. The number of hydrogen-bond acceptors (Lipinski definition) is 2. The van der Waals surface area contributed by atoms with E-state index >= 15 is 0 Å². The summed E-state index contributed by atoms with van der Waals surface area (Å²) in [7, 11) is 0. The standard InChI is InChI=1S/C12H9Cl3N2/c13-9-5-11(15)12(17-7-9)16-6-8-3-1-2-4-10(8)14/h1-5,7H,6H2,(H,16,17). The molecule has 0 saturated heterocycles. The molecule has 1 aromatic heterocycles. The van der Waals surface area contributed by atoms with Crippen LogP contribution in [0.5, 0.6) is 0 Å². The van der Waals surface area contributed by atoms with Gasteiger partial charge in [0.05, 0.1) is 10.0 Å². The number of anilines is 1. The third-order valence-electron chi connectivity index (χ3n) is 2.21. The van der Waals surface area contributed by atoms with Crippen molar-refractivity contribution < 1.29 is 0 Å². The number of pyridine rings is 1. The second-order valence-electron chi connectivity index (χ2n) is 3.43. The van der Waals surface area contributed by atoms with E-state index in [1.165, 1.54) is 0 Å². The largest absolute Gasteiger partial charge is 0.365 e. The van der Waals surface area contributed by atoms with E-state index in [1.54, 1.807) is 12.3 Å². The Morgan fingerprint density at radius 3 is 2.53 bits per heavy atom. The first-order chi connectivity index (χ1) is 8.16. The van der Waals surface area contributed by atoms with Crippen molar-refractivity contribution >= 4 is 40.6 Å². The fourth-order valence-electron chi connectivity index (χ4n) is 1.37. The van der Waals surface area contributed by atoms with Crippen LogP contribution in [0.3, 0.4) is 0 Å². The Morgan fingerprint density at radius 1 is 1.06 bits per heavy atom. The lowest BCUT2D eigenvalue weighted by Gasteiger charge is -2.08. The fourth-order valence-corrected chi connectivity index (χ4v) is 2.01. The summed E-state index contributed by atoms with van der Waals surface area (Å²) < 4.78 is 0.